The number of aliphatic hydroxyl groups is 19. The molecular formula is C66H115N6Na7O61P6. The normalized spacial score (nSPS) is 35.2. The molecule has 6 aliphatic rings. The minimum absolute atomic E-state index is 0. The van der Waals surface area contributed by atoms with E-state index in [4.69, 9.17) is 107 Å². The molecular weight excluding hydrogens is 2200 g/mol. The Balaban J connectivity index is 0. The van der Waals surface area contributed by atoms with Crippen molar-refractivity contribution in [3.05, 3.63) is 0 Å². The summed E-state index contributed by atoms with van der Waals surface area (Å²) in [4.78, 5) is 95.4. The van der Waals surface area contributed by atoms with Gasteiger partial charge in [0.1, 0.15) is 183 Å². The molecule has 0 saturated carbocycles. The third kappa shape index (κ3) is 49.9. The van der Waals surface area contributed by atoms with Crippen molar-refractivity contribution >= 4 is 82.3 Å². The van der Waals surface area contributed by atoms with E-state index in [0.29, 0.717) is 0 Å². The van der Waals surface area contributed by atoms with E-state index in [2.05, 4.69) is 34.5 Å². The summed E-state index contributed by atoms with van der Waals surface area (Å²) < 4.78 is 198. The van der Waals surface area contributed by atoms with Crippen molar-refractivity contribution in [2.24, 2.45) is 30.0 Å². The molecule has 0 aliphatic carbocycles. The van der Waals surface area contributed by atoms with Crippen molar-refractivity contribution in [2.75, 3.05) is 119 Å². The predicted octanol–water partition coefficient (Wildman–Crippen LogP) is -40.0. The first kappa shape index (κ1) is 151. The van der Waals surface area contributed by atoms with Gasteiger partial charge in [-0.3, -0.25) is 79.8 Å². The van der Waals surface area contributed by atoms with Crippen molar-refractivity contribution in [1.82, 2.24) is 0 Å². The van der Waals surface area contributed by atoms with Crippen LogP contribution in [0.3, 0.4) is 0 Å². The van der Waals surface area contributed by atoms with E-state index in [9.17, 15) is 184 Å². The van der Waals surface area contributed by atoms with E-state index in [1.54, 1.807) is 0 Å². The molecule has 25 N–H and O–H groups in total. The Labute approximate surface area is 985 Å². The number of phosphoric ester groups is 6. The third-order valence-electron chi connectivity index (χ3n) is 19.9. The number of hydrogen-bond donors (Lipinski definition) is 25. The SMILES string of the molecule is CC([O-])=N[C@H]1[C@@H](O[C@H](CO)COP(=O)(O)OC[C@H]2O[C@H](O[C@H](CO)COP(=O)(O)OC[C@H]3O[C@H](O[C@H](CO)COP(=O)(O)OC[C@H]4O[C@H](O[C@H](CO)COP(=O)(O)OC[C@H]5O[C@H](O[C@H](CO)COP(=O)(O)OC[C@H]6O[C@H](O[C@H](CO)COP(=O)([O-])O)[C@H](N=C(C)[O-])[C@@H](O)[C@@H]6O)[C@H](N=C(C)[O-])[C@@H](O)[C@@H]5O)[C@H](N=C(C)[O-])[C@@H](O)[C@@H]4O)[C@H](N=C(C)[O-])[C@@H](O)[C@@H]3O)[C@H](N=C(C)[O-])[C@@H](O)[C@@H]2O)O[C@H](CO)[C@@H](O)[C@@H]1O.[Na+].[Na+].[Na+].[Na+].[Na+].[Na+].[Na+]. The zero-order chi connectivity index (χ0) is 104. The first-order chi connectivity index (χ1) is 64.7. The first-order valence-electron chi connectivity index (χ1n) is 41.1. The maximum absolute atomic E-state index is 13.5. The van der Waals surface area contributed by atoms with Crippen molar-refractivity contribution in [3.63, 3.8) is 0 Å². The minimum Gasteiger partial charge on any atom is -0.862 e. The molecule has 6 saturated heterocycles. The number of ether oxygens (including phenoxy) is 12. The monoisotopic (exact) mass is 2310 g/mol. The van der Waals surface area contributed by atoms with Crippen LogP contribution < -0.4 is 242 Å². The Morgan fingerprint density at radius 3 is 0.514 bits per heavy atom. The summed E-state index contributed by atoms with van der Waals surface area (Å²) in [6.07, 6.45) is -60.5. The van der Waals surface area contributed by atoms with Gasteiger partial charge in [0.15, 0.2) is 37.7 Å². The van der Waals surface area contributed by atoms with Gasteiger partial charge < -0.3 is 223 Å². The zero-order valence-corrected chi connectivity index (χ0v) is 100. The van der Waals surface area contributed by atoms with Crippen LogP contribution in [0.15, 0.2) is 30.0 Å². The Morgan fingerprint density at radius 1 is 0.247 bits per heavy atom. The van der Waals surface area contributed by atoms with Crippen LogP contribution in [-0.2, 0) is 134 Å². The number of aliphatic imine (C=N–C) groups is 6. The molecule has 0 radical (unpaired) electrons. The van der Waals surface area contributed by atoms with Gasteiger partial charge >= 0.3 is 246 Å². The Kier molecular flexibility index (Phi) is 73.9. The van der Waals surface area contributed by atoms with Crippen LogP contribution >= 0.6 is 46.9 Å². The van der Waals surface area contributed by atoms with Crippen molar-refractivity contribution in [2.45, 2.75) is 262 Å². The number of hydrogen-bond acceptors (Lipinski definition) is 61. The summed E-state index contributed by atoms with van der Waals surface area (Å²) in [5, 5.41) is 275. The van der Waals surface area contributed by atoms with E-state index < -0.39 is 422 Å². The van der Waals surface area contributed by atoms with Crippen molar-refractivity contribution in [1.29, 1.82) is 0 Å². The Morgan fingerprint density at radius 2 is 0.384 bits per heavy atom. The van der Waals surface area contributed by atoms with E-state index in [0.717, 1.165) is 41.5 Å². The zero-order valence-electron chi connectivity index (χ0n) is 80.8. The molecule has 6 rings (SSSR count). The summed E-state index contributed by atoms with van der Waals surface area (Å²) in [5.41, 5.74) is 0. The molecule has 67 nitrogen and oxygen atoms in total. The average molecular weight is 2320 g/mol. The smallest absolute Gasteiger partial charge is 0.862 e. The second-order valence-corrected chi connectivity index (χ2v) is 39.3. The van der Waals surface area contributed by atoms with E-state index in [1.165, 1.54) is 0 Å². The minimum atomic E-state index is -5.59. The van der Waals surface area contributed by atoms with Crippen LogP contribution in [0.4, 0.5) is 0 Å². The van der Waals surface area contributed by atoms with E-state index >= 15 is 0 Å². The quantitative estimate of drug-likeness (QED) is 0.0116. The average Bonchev–Trinajstić information content (AvgIpc) is 0.819. The maximum atomic E-state index is 13.5. The van der Waals surface area contributed by atoms with Gasteiger partial charge in [0.25, 0.3) is 7.82 Å². The van der Waals surface area contributed by atoms with Gasteiger partial charge in [-0.15, -0.1) is 0 Å². The van der Waals surface area contributed by atoms with Gasteiger partial charge in [0.2, 0.25) is 0 Å². The fraction of sp³-hybridized carbons (Fsp3) is 0.909. The topological polar surface area (TPSA) is 1060 Å². The van der Waals surface area contributed by atoms with E-state index in [1.807, 2.05) is 0 Å². The van der Waals surface area contributed by atoms with Crippen LogP contribution in [0, 0.1) is 0 Å². The molecule has 812 valence electrons. The van der Waals surface area contributed by atoms with Crippen LogP contribution in [0.5, 0.6) is 0 Å². The molecule has 6 fully saturated rings. The number of aliphatic hydroxyl groups excluding tert-OH is 19. The standard InChI is InChI=1S/C66H122N6O61P6.7Na/c1-25(80)67-43-55(92)49(86)37(13-79)128-61(43)123-32(8-74)15-112-135(101,102)118-21-39-51(88)57(94)45(69-27(3)82)63(130-39)125-34(10-76)17-114-137(105,106)120-23-41-53(90)59(96)47(71-29(5)84)65(132-41)127-36(12-78)19-116-139(109,110)121-24-42-54(91)60(97)48(72-30(6)85)66(133-42)126-35(11-77)18-115-138(107,108)119-22-40-52(89)58(95)46(70-28(4)83)64(131-40)124-33(9-75)16-113-136(103,104)117-20-38-50(87)56(93)44(68-26(2)81)62(129-38)122-31(7-73)14-111-134(98,99)100;;;;;;;/h31-66,73-79,86-97H,7-24H2,1-6H3,(H,67,80)(H,68,81)(H,69,82)(H,70,83)(H,71,84)(H,72,85)(H,101,102)(H,103,104)(H,105,106)(H,107,108)(H,109,110)(H2,98,99,100);;;;;;;/q;7*+1/p-7/t31-,32-,33-,34-,35-,36-,37-,38-,39-,40-,41-,42-,43-,44-,45-,46-,47-,48-,49-,50-,51-,52-,53-,54-,55-,56-,57-,58-,59-,60-,61+,62+,63+,64+,65+,66+;;;;;;;/m1......./s1. The van der Waals surface area contributed by atoms with Gasteiger partial charge in [-0.05, 0) is 76.9 Å². The van der Waals surface area contributed by atoms with Gasteiger partial charge in [-0.2, -0.15) is 0 Å². The number of rotatable bonds is 58. The molecule has 80 heteroatoms. The molecule has 146 heavy (non-hydrogen) atoms. The number of nitrogens with zero attached hydrogens (tertiary/aromatic N) is 6. The second-order valence-electron chi connectivity index (χ2n) is 30.9. The van der Waals surface area contributed by atoms with Crippen LogP contribution in [0.25, 0.3) is 0 Å². The van der Waals surface area contributed by atoms with E-state index in [-0.39, 0.29) is 207 Å². The molecule has 6 heterocycles. The molecule has 0 amide bonds. The summed E-state index contributed by atoms with van der Waals surface area (Å²) in [5.74, 6) is -6.09. The fourth-order valence-corrected chi connectivity index (χ4v) is 17.3. The predicted molar refractivity (Wildman–Crippen MR) is 429 cm³/mol. The van der Waals surface area contributed by atoms with Gasteiger partial charge in [-0.25, -0.2) is 22.8 Å². The largest absolute Gasteiger partial charge is 1.00 e. The van der Waals surface area contributed by atoms with Crippen molar-refractivity contribution in [3.8, 4) is 0 Å². The molecule has 42 atom stereocenters. The summed E-state index contributed by atoms with van der Waals surface area (Å²) in [6, 6.07) is -11.3. The molecule has 0 bridgehead atoms. The van der Waals surface area contributed by atoms with Crippen LogP contribution in [-0.4, -0.2) is 501 Å². The van der Waals surface area contributed by atoms with Crippen LogP contribution in [0.2, 0.25) is 0 Å². The second kappa shape index (κ2) is 71.3. The molecule has 6 aliphatic heterocycles. The Bertz CT molecular complexity index is 4200. The van der Waals surface area contributed by atoms with Gasteiger partial charge in [0, 0.05) is 0 Å². The summed E-state index contributed by atoms with van der Waals surface area (Å²) in [6.45, 7) is -15.9. The molecule has 0 spiro atoms. The Hall–Kier alpha value is 3.24. The van der Waals surface area contributed by atoms with Gasteiger partial charge in [-0.1, -0.05) is 0 Å². The third-order valence-corrected chi connectivity index (χ3v) is 25.1. The summed E-state index contributed by atoms with van der Waals surface area (Å²) >= 11 is 0. The molecule has 0 aromatic heterocycles. The van der Waals surface area contributed by atoms with Crippen molar-refractivity contribution < 1.29 is 503 Å². The maximum Gasteiger partial charge on any atom is 1.00 e. The van der Waals surface area contributed by atoms with Crippen LogP contribution in [0.1, 0.15) is 41.5 Å². The summed E-state index contributed by atoms with van der Waals surface area (Å²) in [7, 11) is -32.9. The first-order valence-corrected chi connectivity index (χ1v) is 50.1. The molecule has 0 aromatic rings. The van der Waals surface area contributed by atoms with Gasteiger partial charge in [0.05, 0.1) is 119 Å². The molecule has 0 aromatic carbocycles. The number of phosphoric acid groups is 6. The molecule has 6 unspecified atom stereocenters. The fourth-order valence-electron chi connectivity index (χ4n) is 13.1.